The van der Waals surface area contributed by atoms with Crippen LogP contribution in [-0.2, 0) is 22.6 Å². The van der Waals surface area contributed by atoms with Crippen LogP contribution in [0, 0.1) is 0 Å². The van der Waals surface area contributed by atoms with E-state index in [1.165, 1.54) is 0 Å². The average Bonchev–Trinajstić information content (AvgIpc) is 2.31. The molecule has 0 saturated carbocycles. The van der Waals surface area contributed by atoms with E-state index in [1.54, 1.807) is 10.6 Å². The van der Waals surface area contributed by atoms with Crippen LogP contribution >= 0.6 is 11.6 Å². The number of amides is 1. The molecule has 0 aliphatic carbocycles. The zero-order valence-electron chi connectivity index (χ0n) is 10.1. The molecule has 1 saturated heterocycles. The van der Waals surface area contributed by atoms with Gasteiger partial charge in [-0.1, -0.05) is 23.7 Å². The zero-order valence-corrected chi connectivity index (χ0v) is 11.6. The summed E-state index contributed by atoms with van der Waals surface area (Å²) in [6, 6.07) is 7.54. The van der Waals surface area contributed by atoms with Gasteiger partial charge in [0, 0.05) is 22.4 Å². The van der Waals surface area contributed by atoms with Gasteiger partial charge < -0.3 is 9.87 Å². The van der Waals surface area contributed by atoms with Gasteiger partial charge in [-0.25, -0.2) is 0 Å². The Balaban J connectivity index is 2.00. The van der Waals surface area contributed by atoms with Crippen molar-refractivity contribution in [3.8, 4) is 0 Å². The number of halogens is 1. The summed E-state index contributed by atoms with van der Waals surface area (Å²) in [6.45, 7) is 0.817. The first-order chi connectivity index (χ1) is 8.54. The van der Waals surface area contributed by atoms with Gasteiger partial charge in [0.05, 0.1) is 6.54 Å². The molecule has 1 unspecified atom stereocenters. The van der Waals surface area contributed by atoms with Gasteiger partial charge in [0.15, 0.2) is 0 Å². The van der Waals surface area contributed by atoms with Crippen LogP contribution in [0.15, 0.2) is 24.3 Å². The molecule has 2 rings (SSSR count). The molecule has 4 nitrogen and oxygen atoms in total. The molecule has 98 valence electrons. The molecule has 1 fully saturated rings. The van der Waals surface area contributed by atoms with Crippen LogP contribution in [-0.4, -0.2) is 40.2 Å². The first-order valence-electron chi connectivity index (χ1n) is 5.67. The van der Waals surface area contributed by atoms with Gasteiger partial charge in [-0.3, -0.25) is 4.79 Å². The van der Waals surface area contributed by atoms with E-state index in [4.69, 9.17) is 11.6 Å². The first kappa shape index (κ1) is 13.7. The number of rotatable bonds is 3. The molecular formula is C12H15ClN2O2S. The van der Waals surface area contributed by atoms with Crippen molar-refractivity contribution in [2.45, 2.75) is 12.5 Å². The van der Waals surface area contributed by atoms with Crippen LogP contribution in [0.5, 0.6) is 0 Å². The Morgan fingerprint density at radius 1 is 1.50 bits per heavy atom. The lowest BCUT2D eigenvalue weighted by atomic mass is 10.0. The fourth-order valence-electron chi connectivity index (χ4n) is 2.01. The lowest BCUT2D eigenvalue weighted by Crippen LogP contribution is -2.56. The fraction of sp³-hybridized carbons (Fsp3) is 0.417. The van der Waals surface area contributed by atoms with E-state index < -0.39 is 11.4 Å². The molecule has 1 N–H and O–H groups in total. The summed E-state index contributed by atoms with van der Waals surface area (Å²) in [5, 5.41) is 3.61. The third-order valence-electron chi connectivity index (χ3n) is 2.87. The van der Waals surface area contributed by atoms with Crippen LogP contribution in [0.4, 0.5) is 0 Å². The topological polar surface area (TPSA) is 55.4 Å². The lowest BCUT2D eigenvalue weighted by molar-refractivity contribution is -0.123. The Kier molecular flexibility index (Phi) is 4.50. The van der Waals surface area contributed by atoms with E-state index in [0.717, 1.165) is 12.0 Å². The second-order valence-corrected chi connectivity index (χ2v) is 6.14. The van der Waals surface area contributed by atoms with E-state index in [1.807, 2.05) is 24.3 Å². The smallest absolute Gasteiger partial charge is 0.239 e. The summed E-state index contributed by atoms with van der Waals surface area (Å²) in [4.78, 5) is 11.5. The van der Waals surface area contributed by atoms with Gasteiger partial charge >= 0.3 is 0 Å². The minimum Gasteiger partial charge on any atom is -0.598 e. The maximum atomic E-state index is 11.5. The first-order valence-corrected chi connectivity index (χ1v) is 7.56. The van der Waals surface area contributed by atoms with Crippen molar-refractivity contribution in [1.29, 1.82) is 0 Å². The van der Waals surface area contributed by atoms with Crippen molar-refractivity contribution in [1.82, 2.24) is 9.62 Å². The molecule has 2 atom stereocenters. The Morgan fingerprint density at radius 3 is 2.78 bits per heavy atom. The third-order valence-corrected chi connectivity index (χ3v) is 4.13. The van der Waals surface area contributed by atoms with E-state index in [-0.39, 0.29) is 18.5 Å². The number of nitrogens with one attached hydrogen (secondary N) is 1. The van der Waals surface area contributed by atoms with E-state index >= 15 is 0 Å². The Morgan fingerprint density at radius 2 is 2.17 bits per heavy atom. The third kappa shape index (κ3) is 3.62. The number of hydrogen-bond acceptors (Lipinski definition) is 3. The minimum atomic E-state index is -1.10. The molecule has 1 aliphatic rings. The highest BCUT2D eigenvalue weighted by Crippen LogP contribution is 2.13. The largest absolute Gasteiger partial charge is 0.598 e. The number of nitrogens with zero attached hydrogens (tertiary/aromatic N) is 1. The predicted octanol–water partition coefficient (Wildman–Crippen LogP) is 0.976. The summed E-state index contributed by atoms with van der Waals surface area (Å²) in [7, 11) is 0. The van der Waals surface area contributed by atoms with Crippen LogP contribution in [0.25, 0.3) is 0 Å². The maximum Gasteiger partial charge on any atom is 0.239 e. The number of carbonyl (C=O) groups excluding carboxylic acids is 1. The van der Waals surface area contributed by atoms with Crippen LogP contribution in [0.3, 0.4) is 0 Å². The number of carbonyl (C=O) groups is 1. The highest BCUT2D eigenvalue weighted by molar-refractivity contribution is 7.88. The second-order valence-electron chi connectivity index (χ2n) is 4.34. The van der Waals surface area contributed by atoms with Gasteiger partial charge in [0.1, 0.15) is 12.8 Å². The zero-order chi connectivity index (χ0) is 13.1. The molecule has 0 aromatic heterocycles. The molecule has 1 amide bonds. The molecule has 1 aromatic rings. The van der Waals surface area contributed by atoms with Crippen LogP contribution in [0.1, 0.15) is 5.56 Å². The maximum absolute atomic E-state index is 11.5. The van der Waals surface area contributed by atoms with Gasteiger partial charge in [-0.2, -0.15) is 0 Å². The SMILES string of the molecule is C[S+]([O-])N1CC(=O)N[C@@H](Cc2ccc(Cl)cc2)C1. The standard InChI is InChI=1S/C12H15ClN2O2S/c1-18(17)15-7-11(14-12(16)8-15)6-9-2-4-10(13)5-3-9/h2-5,11H,6-8H2,1H3,(H,14,16)/t11-,18?/m0/s1. The van der Waals surface area contributed by atoms with Crippen LogP contribution < -0.4 is 5.32 Å². The Bertz CT molecular complexity index is 425. The van der Waals surface area contributed by atoms with Crippen molar-refractivity contribution in [2.24, 2.45) is 0 Å². The van der Waals surface area contributed by atoms with Crippen molar-refractivity contribution in [2.75, 3.05) is 19.3 Å². The van der Waals surface area contributed by atoms with Crippen molar-refractivity contribution in [3.63, 3.8) is 0 Å². The van der Waals surface area contributed by atoms with Crippen LogP contribution in [0.2, 0.25) is 5.02 Å². The molecule has 1 heterocycles. The molecule has 1 aromatic carbocycles. The highest BCUT2D eigenvalue weighted by Gasteiger charge is 2.29. The number of benzene rings is 1. The van der Waals surface area contributed by atoms with E-state index in [0.29, 0.717) is 11.6 Å². The molecule has 6 heteroatoms. The molecular weight excluding hydrogens is 272 g/mol. The van der Waals surface area contributed by atoms with Gasteiger partial charge in [-0.15, -0.1) is 4.31 Å². The average molecular weight is 287 g/mol. The monoisotopic (exact) mass is 286 g/mol. The summed E-state index contributed by atoms with van der Waals surface area (Å²) in [5.74, 6) is -0.0737. The summed E-state index contributed by atoms with van der Waals surface area (Å²) in [5.41, 5.74) is 1.11. The Hall–Kier alpha value is -0.750. The molecule has 18 heavy (non-hydrogen) atoms. The second kappa shape index (κ2) is 5.93. The molecule has 0 radical (unpaired) electrons. The molecule has 1 aliphatic heterocycles. The fourth-order valence-corrected chi connectivity index (χ4v) is 2.82. The highest BCUT2D eigenvalue weighted by atomic mass is 35.5. The van der Waals surface area contributed by atoms with Crippen molar-refractivity contribution < 1.29 is 9.35 Å². The minimum absolute atomic E-state index is 0.00340. The van der Waals surface area contributed by atoms with Crippen molar-refractivity contribution >= 4 is 28.9 Å². The summed E-state index contributed by atoms with van der Waals surface area (Å²) in [6.07, 6.45) is 2.31. The van der Waals surface area contributed by atoms with E-state index in [2.05, 4.69) is 5.32 Å². The van der Waals surface area contributed by atoms with E-state index in [9.17, 15) is 9.35 Å². The number of hydrogen-bond donors (Lipinski definition) is 1. The summed E-state index contributed by atoms with van der Waals surface area (Å²) < 4.78 is 13.1. The predicted molar refractivity (Wildman–Crippen MR) is 72.7 cm³/mol. The Labute approximate surface area is 115 Å². The van der Waals surface area contributed by atoms with Crippen molar-refractivity contribution in [3.05, 3.63) is 34.9 Å². The molecule has 0 bridgehead atoms. The lowest BCUT2D eigenvalue weighted by Gasteiger charge is -2.31. The quantitative estimate of drug-likeness (QED) is 0.843. The normalized spacial score (nSPS) is 22.6. The van der Waals surface area contributed by atoms with Gasteiger partial charge in [0.2, 0.25) is 5.91 Å². The molecule has 0 spiro atoms. The van der Waals surface area contributed by atoms with Gasteiger partial charge in [0.25, 0.3) is 0 Å². The summed E-state index contributed by atoms with van der Waals surface area (Å²) >= 11 is 4.72. The van der Waals surface area contributed by atoms with Gasteiger partial charge in [-0.05, 0) is 24.1 Å². The number of piperazine rings is 1.